The summed E-state index contributed by atoms with van der Waals surface area (Å²) in [5.74, 6) is 0.261. The third kappa shape index (κ3) is 4.63. The number of amidine groups is 1. The molecule has 1 aliphatic heterocycles. The zero-order valence-corrected chi connectivity index (χ0v) is 12.5. The normalized spacial score (nSPS) is 26.3. The van der Waals surface area contributed by atoms with Crippen molar-refractivity contribution in [3.8, 4) is 0 Å². The summed E-state index contributed by atoms with van der Waals surface area (Å²) in [7, 11) is 4.09. The first-order chi connectivity index (χ1) is 8.76. The highest BCUT2D eigenvalue weighted by molar-refractivity contribution is 5.85. The molecular weight excluding hydrogens is 244 g/mol. The Morgan fingerprint density at radius 2 is 2.11 bits per heavy atom. The van der Waals surface area contributed by atoms with Gasteiger partial charge in [0.2, 0.25) is 0 Å². The van der Waals surface area contributed by atoms with Crippen molar-refractivity contribution < 1.29 is 10.3 Å². The molecule has 19 heavy (non-hydrogen) atoms. The van der Waals surface area contributed by atoms with Crippen LogP contribution in [0.3, 0.4) is 0 Å². The lowest BCUT2D eigenvalue weighted by Crippen LogP contribution is -2.41. The monoisotopic (exact) mass is 272 g/mol. The minimum atomic E-state index is -0.328. The number of oxime groups is 1. The summed E-state index contributed by atoms with van der Waals surface area (Å²) in [6, 6.07) is 0.382. The molecule has 2 atom stereocenters. The van der Waals surface area contributed by atoms with E-state index in [1.165, 1.54) is 0 Å². The van der Waals surface area contributed by atoms with Crippen LogP contribution in [0.25, 0.3) is 0 Å². The van der Waals surface area contributed by atoms with Crippen molar-refractivity contribution >= 4 is 5.84 Å². The van der Waals surface area contributed by atoms with Gasteiger partial charge in [-0.3, -0.25) is 4.90 Å². The van der Waals surface area contributed by atoms with Gasteiger partial charge in [0.25, 0.3) is 0 Å². The molecule has 1 aliphatic rings. The lowest BCUT2D eigenvalue weighted by atomic mass is 9.88. The number of nitrogens with zero attached hydrogens (tertiary/aromatic N) is 3. The van der Waals surface area contributed by atoms with Crippen molar-refractivity contribution in [2.45, 2.75) is 38.8 Å². The van der Waals surface area contributed by atoms with Gasteiger partial charge in [0.1, 0.15) is 5.84 Å². The summed E-state index contributed by atoms with van der Waals surface area (Å²) in [6.45, 7) is 6.44. The molecule has 1 saturated heterocycles. The Morgan fingerprint density at radius 3 is 2.63 bits per heavy atom. The van der Waals surface area contributed by atoms with Crippen molar-refractivity contribution in [2.24, 2.45) is 16.3 Å². The maximum absolute atomic E-state index is 9.82. The van der Waals surface area contributed by atoms with Gasteiger partial charge in [0.15, 0.2) is 0 Å². The summed E-state index contributed by atoms with van der Waals surface area (Å²) in [5, 5.41) is 21.7. The van der Waals surface area contributed by atoms with E-state index in [2.05, 4.69) is 15.0 Å². The number of aliphatic hydroxyl groups excluding tert-OH is 1. The van der Waals surface area contributed by atoms with Crippen molar-refractivity contribution in [2.75, 3.05) is 33.7 Å². The molecule has 0 aromatic heterocycles. The number of hydrogen-bond acceptors (Lipinski definition) is 5. The molecule has 1 fully saturated rings. The molecule has 112 valence electrons. The van der Waals surface area contributed by atoms with Crippen molar-refractivity contribution in [3.05, 3.63) is 0 Å². The van der Waals surface area contributed by atoms with Crippen LogP contribution in [0.1, 0.15) is 26.7 Å². The van der Waals surface area contributed by atoms with E-state index in [0.717, 1.165) is 25.9 Å². The molecule has 1 rings (SSSR count). The van der Waals surface area contributed by atoms with Gasteiger partial charge in [-0.25, -0.2) is 0 Å². The number of likely N-dealkylation sites (tertiary alicyclic amines) is 1. The van der Waals surface area contributed by atoms with E-state index in [1.54, 1.807) is 0 Å². The SMILES string of the molecule is CN(C)CC1CC(O)CN1CCC(C)(C)C(N)=NO. The second kappa shape index (κ2) is 6.54. The van der Waals surface area contributed by atoms with Crippen LogP contribution in [0.15, 0.2) is 5.16 Å². The van der Waals surface area contributed by atoms with Gasteiger partial charge in [-0.15, -0.1) is 0 Å². The number of likely N-dealkylation sites (N-methyl/N-ethyl adjacent to an activating group) is 1. The topological polar surface area (TPSA) is 85.3 Å². The Morgan fingerprint density at radius 1 is 1.47 bits per heavy atom. The van der Waals surface area contributed by atoms with Crippen LogP contribution in [0, 0.1) is 5.41 Å². The van der Waals surface area contributed by atoms with Gasteiger partial charge < -0.3 is 20.9 Å². The molecule has 2 unspecified atom stereocenters. The molecule has 0 bridgehead atoms. The first-order valence-electron chi connectivity index (χ1n) is 6.81. The smallest absolute Gasteiger partial charge is 0.144 e. The highest BCUT2D eigenvalue weighted by atomic mass is 16.4. The largest absolute Gasteiger partial charge is 0.409 e. The second-order valence-electron chi connectivity index (χ2n) is 6.42. The molecular formula is C13H28N4O2. The maximum atomic E-state index is 9.82. The molecule has 0 spiro atoms. The first-order valence-corrected chi connectivity index (χ1v) is 6.81. The molecule has 0 aliphatic carbocycles. The Balaban J connectivity index is 2.55. The fourth-order valence-corrected chi connectivity index (χ4v) is 2.53. The Labute approximate surface area is 115 Å². The number of nitrogens with two attached hydrogens (primary N) is 1. The summed E-state index contributed by atoms with van der Waals surface area (Å²) in [4.78, 5) is 4.45. The summed E-state index contributed by atoms with van der Waals surface area (Å²) in [6.07, 6.45) is 1.39. The number of rotatable bonds is 6. The molecule has 6 heteroatoms. The molecule has 0 aromatic carbocycles. The van der Waals surface area contributed by atoms with E-state index in [1.807, 2.05) is 27.9 Å². The lowest BCUT2D eigenvalue weighted by molar-refractivity contribution is 0.165. The molecule has 0 saturated carbocycles. The highest BCUT2D eigenvalue weighted by Crippen LogP contribution is 2.25. The molecule has 0 radical (unpaired) electrons. The molecule has 6 nitrogen and oxygen atoms in total. The van der Waals surface area contributed by atoms with E-state index in [-0.39, 0.29) is 17.4 Å². The Hall–Kier alpha value is -0.850. The highest BCUT2D eigenvalue weighted by Gasteiger charge is 2.33. The molecule has 0 amide bonds. The third-order valence-electron chi connectivity index (χ3n) is 3.91. The zero-order valence-electron chi connectivity index (χ0n) is 12.5. The van der Waals surface area contributed by atoms with Gasteiger partial charge in [-0.1, -0.05) is 19.0 Å². The van der Waals surface area contributed by atoms with E-state index < -0.39 is 0 Å². The summed E-state index contributed by atoms with van der Waals surface area (Å²) < 4.78 is 0. The lowest BCUT2D eigenvalue weighted by Gasteiger charge is -2.30. The number of β-amino-alcohol motifs (C(OH)–C–C–N with tert-alkyl or cyclic N) is 1. The fraction of sp³-hybridized carbons (Fsp3) is 0.923. The van der Waals surface area contributed by atoms with Crippen molar-refractivity contribution in [1.82, 2.24) is 9.80 Å². The van der Waals surface area contributed by atoms with Crippen LogP contribution in [0.4, 0.5) is 0 Å². The van der Waals surface area contributed by atoms with E-state index in [0.29, 0.717) is 12.6 Å². The maximum Gasteiger partial charge on any atom is 0.144 e. The molecule has 4 N–H and O–H groups in total. The van der Waals surface area contributed by atoms with Crippen LogP contribution < -0.4 is 5.73 Å². The zero-order chi connectivity index (χ0) is 14.6. The van der Waals surface area contributed by atoms with Crippen LogP contribution in [-0.4, -0.2) is 71.8 Å². The van der Waals surface area contributed by atoms with E-state index in [4.69, 9.17) is 10.9 Å². The van der Waals surface area contributed by atoms with Gasteiger partial charge in [-0.05, 0) is 33.5 Å². The average Bonchev–Trinajstić information content (AvgIpc) is 2.65. The Bertz CT molecular complexity index is 318. The van der Waals surface area contributed by atoms with Gasteiger partial charge in [0.05, 0.1) is 6.10 Å². The van der Waals surface area contributed by atoms with E-state index >= 15 is 0 Å². The van der Waals surface area contributed by atoms with Crippen LogP contribution >= 0.6 is 0 Å². The predicted octanol–water partition coefficient (Wildman–Crippen LogP) is 0.146. The predicted molar refractivity (Wildman–Crippen MR) is 76.3 cm³/mol. The first kappa shape index (κ1) is 16.2. The van der Waals surface area contributed by atoms with Crippen molar-refractivity contribution in [3.63, 3.8) is 0 Å². The molecule has 0 aromatic rings. The van der Waals surface area contributed by atoms with Crippen LogP contribution in [0.2, 0.25) is 0 Å². The second-order valence-corrected chi connectivity index (χ2v) is 6.42. The Kier molecular flexibility index (Phi) is 5.58. The number of hydrogen-bond donors (Lipinski definition) is 3. The third-order valence-corrected chi connectivity index (χ3v) is 3.91. The van der Waals surface area contributed by atoms with Crippen molar-refractivity contribution in [1.29, 1.82) is 0 Å². The summed E-state index contributed by atoms with van der Waals surface area (Å²) >= 11 is 0. The van der Waals surface area contributed by atoms with Crippen LogP contribution in [0.5, 0.6) is 0 Å². The average molecular weight is 272 g/mol. The minimum Gasteiger partial charge on any atom is -0.409 e. The molecule has 1 heterocycles. The van der Waals surface area contributed by atoms with Gasteiger partial charge >= 0.3 is 0 Å². The quantitative estimate of drug-likeness (QED) is 0.277. The summed E-state index contributed by atoms with van der Waals surface area (Å²) in [5.41, 5.74) is 5.37. The fourth-order valence-electron chi connectivity index (χ4n) is 2.53. The number of aliphatic hydroxyl groups is 1. The van der Waals surface area contributed by atoms with Crippen LogP contribution in [-0.2, 0) is 0 Å². The van der Waals surface area contributed by atoms with E-state index in [9.17, 15) is 5.11 Å². The van der Waals surface area contributed by atoms with Gasteiger partial charge in [0, 0.05) is 24.5 Å². The van der Waals surface area contributed by atoms with Gasteiger partial charge in [-0.2, -0.15) is 0 Å². The standard InChI is InChI=1S/C13H28N4O2/c1-13(2,12(14)15-19)5-6-17-9-11(18)7-10(17)8-16(3)4/h10-11,18-19H,5-9H2,1-4H3,(H2,14,15). The minimum absolute atomic E-state index is 0.239.